The van der Waals surface area contributed by atoms with Crippen LogP contribution in [-0.2, 0) is 6.54 Å². The first-order chi connectivity index (χ1) is 14.1. The highest BCUT2D eigenvalue weighted by Gasteiger charge is 2.18. The Balaban J connectivity index is 0.00000256. The molecule has 3 aromatic rings. The number of rotatable bonds is 7. The van der Waals surface area contributed by atoms with E-state index in [1.165, 1.54) is 31.4 Å². The van der Waals surface area contributed by atoms with E-state index in [0.717, 1.165) is 18.9 Å². The summed E-state index contributed by atoms with van der Waals surface area (Å²) in [5.74, 6) is -0.459. The minimum Gasteiger partial charge on any atom is -0.412 e. The predicted octanol–water partition coefficient (Wildman–Crippen LogP) is 3.15. The van der Waals surface area contributed by atoms with Gasteiger partial charge < -0.3 is 21.2 Å². The number of benzene rings is 1. The summed E-state index contributed by atoms with van der Waals surface area (Å²) in [4.78, 5) is 13.5. The molecule has 2 heterocycles. The Morgan fingerprint density at radius 1 is 1.13 bits per heavy atom. The number of aryl methyl sites for hydroxylation is 1. The highest BCUT2D eigenvalue weighted by Crippen LogP contribution is 2.26. The highest BCUT2D eigenvalue weighted by atomic mass is 19.1. The summed E-state index contributed by atoms with van der Waals surface area (Å²) in [7, 11) is 0. The van der Waals surface area contributed by atoms with Crippen molar-refractivity contribution in [3.05, 3.63) is 36.0 Å². The first-order valence-corrected chi connectivity index (χ1v) is 9.97. The van der Waals surface area contributed by atoms with Crippen LogP contribution in [0.3, 0.4) is 0 Å². The van der Waals surface area contributed by atoms with Crippen LogP contribution in [0.15, 0.2) is 24.4 Å². The first-order valence-electron chi connectivity index (χ1n) is 9.97. The molecule has 0 bridgehead atoms. The molecule has 0 unspecified atom stereocenters. The normalized spacial score (nSPS) is 14.5. The Hall–Kier alpha value is -2.85. The van der Waals surface area contributed by atoms with E-state index in [1.54, 1.807) is 10.8 Å². The highest BCUT2D eigenvalue weighted by molar-refractivity contribution is 5.76. The number of fused-ring (bicyclic) bond motifs is 1. The van der Waals surface area contributed by atoms with Crippen LogP contribution >= 0.6 is 0 Å². The van der Waals surface area contributed by atoms with Crippen LogP contribution in [-0.4, -0.2) is 42.8 Å². The average molecular weight is 420 g/mol. The smallest absolute Gasteiger partial charge is 0.224 e. The van der Waals surface area contributed by atoms with Crippen molar-refractivity contribution >= 4 is 28.7 Å². The fourth-order valence-electron chi connectivity index (χ4n) is 3.67. The van der Waals surface area contributed by atoms with E-state index in [0.29, 0.717) is 42.1 Å². The number of hydrogen-bond donors (Lipinski definition) is 3. The summed E-state index contributed by atoms with van der Waals surface area (Å²) in [6, 6.07) is 3.68. The van der Waals surface area contributed by atoms with Crippen LogP contribution in [0, 0.1) is 11.6 Å². The molecule has 0 saturated heterocycles. The second kappa shape index (κ2) is 9.77. The zero-order valence-electron chi connectivity index (χ0n) is 16.5. The standard InChI is InChI=1S/C20H24F2N6O.H2O/c21-13-7-8-16(15(22)11-13)25-20-26-17-12-23-19(24-14-5-2-1-3-6-14)27-18(17)28(20)9-4-10-29;/h7-8,11-12,14,29H,1-6,9-10H2,(H,25,26)(H,23,24,27);1H2. The van der Waals surface area contributed by atoms with Gasteiger partial charge in [0, 0.05) is 25.3 Å². The minimum atomic E-state index is -0.712. The van der Waals surface area contributed by atoms with Gasteiger partial charge in [-0.2, -0.15) is 4.98 Å². The number of anilines is 3. The van der Waals surface area contributed by atoms with Crippen molar-refractivity contribution in [2.45, 2.75) is 51.1 Å². The number of nitrogens with one attached hydrogen (secondary N) is 2. The maximum atomic E-state index is 14.1. The van der Waals surface area contributed by atoms with Crippen molar-refractivity contribution in [1.29, 1.82) is 0 Å². The van der Waals surface area contributed by atoms with Crippen LogP contribution in [0.4, 0.5) is 26.4 Å². The fourth-order valence-corrected chi connectivity index (χ4v) is 3.67. The van der Waals surface area contributed by atoms with Crippen molar-refractivity contribution in [3.63, 3.8) is 0 Å². The molecule has 0 aliphatic heterocycles. The van der Waals surface area contributed by atoms with Gasteiger partial charge in [-0.1, -0.05) is 19.3 Å². The second-order valence-corrected chi connectivity index (χ2v) is 7.30. The Morgan fingerprint density at radius 3 is 2.67 bits per heavy atom. The maximum absolute atomic E-state index is 14.1. The monoisotopic (exact) mass is 420 g/mol. The third kappa shape index (κ3) is 4.82. The van der Waals surface area contributed by atoms with Gasteiger partial charge in [-0.25, -0.2) is 18.7 Å². The molecule has 10 heteroatoms. The van der Waals surface area contributed by atoms with E-state index in [1.807, 2.05) is 0 Å². The molecule has 5 N–H and O–H groups in total. The van der Waals surface area contributed by atoms with Gasteiger partial charge in [0.25, 0.3) is 0 Å². The van der Waals surface area contributed by atoms with Crippen molar-refractivity contribution in [2.75, 3.05) is 17.2 Å². The van der Waals surface area contributed by atoms with Crippen LogP contribution < -0.4 is 10.6 Å². The summed E-state index contributed by atoms with van der Waals surface area (Å²) < 4.78 is 29.1. The van der Waals surface area contributed by atoms with Gasteiger partial charge in [-0.05, 0) is 31.4 Å². The van der Waals surface area contributed by atoms with E-state index in [-0.39, 0.29) is 17.8 Å². The molecule has 0 atom stereocenters. The number of aliphatic hydroxyl groups excluding tert-OH is 1. The van der Waals surface area contributed by atoms with E-state index in [9.17, 15) is 13.9 Å². The third-order valence-electron chi connectivity index (χ3n) is 5.14. The third-order valence-corrected chi connectivity index (χ3v) is 5.14. The summed E-state index contributed by atoms with van der Waals surface area (Å²) in [5.41, 5.74) is 1.26. The lowest BCUT2D eigenvalue weighted by Crippen LogP contribution is -2.23. The summed E-state index contributed by atoms with van der Waals surface area (Å²) in [6.07, 6.45) is 7.98. The molecule has 0 radical (unpaired) electrons. The first kappa shape index (κ1) is 21.8. The molecule has 1 aliphatic carbocycles. The Labute approximate surface area is 172 Å². The molecule has 162 valence electrons. The molecule has 0 spiro atoms. The molecule has 8 nitrogen and oxygen atoms in total. The van der Waals surface area contributed by atoms with Gasteiger partial charge in [0.15, 0.2) is 5.65 Å². The van der Waals surface area contributed by atoms with Gasteiger partial charge >= 0.3 is 0 Å². The van der Waals surface area contributed by atoms with Gasteiger partial charge in [-0.3, -0.25) is 4.57 Å². The summed E-state index contributed by atoms with van der Waals surface area (Å²) >= 11 is 0. The van der Waals surface area contributed by atoms with Crippen LogP contribution in [0.1, 0.15) is 38.5 Å². The molecule has 1 fully saturated rings. The molecule has 1 saturated carbocycles. The molecule has 0 amide bonds. The molecule has 1 aromatic carbocycles. The summed E-state index contributed by atoms with van der Waals surface area (Å²) in [6.45, 7) is 0.445. The van der Waals surface area contributed by atoms with Crippen molar-refractivity contribution in [1.82, 2.24) is 19.5 Å². The minimum absolute atomic E-state index is 0. The molecule has 30 heavy (non-hydrogen) atoms. The topological polar surface area (TPSA) is 119 Å². The van der Waals surface area contributed by atoms with E-state index in [4.69, 9.17) is 0 Å². The van der Waals surface area contributed by atoms with E-state index in [2.05, 4.69) is 25.6 Å². The Kier molecular flexibility index (Phi) is 7.11. The lowest BCUT2D eigenvalue weighted by molar-refractivity contribution is 0.280. The molecular weight excluding hydrogens is 394 g/mol. The average Bonchev–Trinajstić information content (AvgIpc) is 3.05. The molecule has 1 aliphatic rings. The van der Waals surface area contributed by atoms with E-state index >= 15 is 0 Å². The molecular formula is C20H26F2N6O2. The number of halogens is 2. The predicted molar refractivity (Wildman–Crippen MR) is 111 cm³/mol. The van der Waals surface area contributed by atoms with Crippen LogP contribution in [0.2, 0.25) is 0 Å². The van der Waals surface area contributed by atoms with E-state index < -0.39 is 11.6 Å². The zero-order chi connectivity index (χ0) is 20.2. The Morgan fingerprint density at radius 2 is 1.93 bits per heavy atom. The number of imidazole rings is 1. The van der Waals surface area contributed by atoms with Crippen LogP contribution in [0.5, 0.6) is 0 Å². The van der Waals surface area contributed by atoms with Crippen molar-refractivity contribution in [2.24, 2.45) is 0 Å². The molecule has 4 rings (SSSR count). The quantitative estimate of drug-likeness (QED) is 0.540. The number of hydrogen-bond acceptors (Lipinski definition) is 6. The second-order valence-electron chi connectivity index (χ2n) is 7.30. The Bertz CT molecular complexity index is 991. The van der Waals surface area contributed by atoms with Crippen molar-refractivity contribution < 1.29 is 19.4 Å². The maximum Gasteiger partial charge on any atom is 0.224 e. The summed E-state index contributed by atoms with van der Waals surface area (Å²) in [5, 5.41) is 15.6. The van der Waals surface area contributed by atoms with Crippen LogP contribution in [0.25, 0.3) is 11.2 Å². The van der Waals surface area contributed by atoms with Gasteiger partial charge in [0.1, 0.15) is 17.2 Å². The number of aliphatic hydroxyl groups is 1. The largest absolute Gasteiger partial charge is 0.412 e. The number of aromatic nitrogens is 4. The molecule has 2 aromatic heterocycles. The SMILES string of the molecule is O.OCCCn1c(Nc2ccc(F)cc2F)nc2cnc(NC3CCCCC3)nc21. The zero-order valence-corrected chi connectivity index (χ0v) is 16.5. The fraction of sp³-hybridized carbons (Fsp3) is 0.450. The lowest BCUT2D eigenvalue weighted by Gasteiger charge is -2.22. The number of nitrogens with zero attached hydrogens (tertiary/aromatic N) is 4. The van der Waals surface area contributed by atoms with Gasteiger partial charge in [0.05, 0.1) is 11.9 Å². The lowest BCUT2D eigenvalue weighted by atomic mass is 9.96. The van der Waals surface area contributed by atoms with Crippen molar-refractivity contribution in [3.8, 4) is 0 Å². The van der Waals surface area contributed by atoms with Gasteiger partial charge in [-0.15, -0.1) is 0 Å². The van der Waals surface area contributed by atoms with Gasteiger partial charge in [0.2, 0.25) is 11.9 Å².